The zero-order chi connectivity index (χ0) is 19.2. The zero-order valence-electron chi connectivity index (χ0n) is 16.5. The Morgan fingerprint density at radius 2 is 1.70 bits per heavy atom. The van der Waals surface area contributed by atoms with Crippen LogP contribution >= 0.6 is 0 Å². The third-order valence-corrected chi connectivity index (χ3v) is 5.40. The summed E-state index contributed by atoms with van der Waals surface area (Å²) >= 11 is 0. The third kappa shape index (κ3) is 5.45. The Labute approximate surface area is 162 Å². The van der Waals surface area contributed by atoms with Gasteiger partial charge in [0.2, 0.25) is 5.91 Å². The van der Waals surface area contributed by atoms with Gasteiger partial charge in [-0.2, -0.15) is 0 Å². The SMILES string of the molecule is Cc1cccc(OC(C)C(=O)N2CCN(CC(=O)N3CCCCC3)CC2)c1. The van der Waals surface area contributed by atoms with Crippen molar-refractivity contribution in [2.45, 2.75) is 39.2 Å². The van der Waals surface area contributed by atoms with E-state index in [0.717, 1.165) is 50.3 Å². The lowest BCUT2D eigenvalue weighted by molar-refractivity contribution is -0.140. The maximum atomic E-state index is 12.7. The molecule has 0 N–H and O–H groups in total. The molecule has 2 aliphatic heterocycles. The molecular formula is C21H31N3O3. The van der Waals surface area contributed by atoms with Crippen molar-refractivity contribution in [1.29, 1.82) is 0 Å². The van der Waals surface area contributed by atoms with E-state index in [1.54, 1.807) is 6.92 Å². The molecule has 27 heavy (non-hydrogen) atoms. The largest absolute Gasteiger partial charge is 0.481 e. The molecule has 2 amide bonds. The van der Waals surface area contributed by atoms with Crippen LogP contribution in [-0.4, -0.2) is 78.4 Å². The molecule has 2 aliphatic rings. The Bertz CT molecular complexity index is 650. The fourth-order valence-electron chi connectivity index (χ4n) is 3.76. The first-order chi connectivity index (χ1) is 13.0. The van der Waals surface area contributed by atoms with Gasteiger partial charge < -0.3 is 14.5 Å². The third-order valence-electron chi connectivity index (χ3n) is 5.40. The summed E-state index contributed by atoms with van der Waals surface area (Å²) in [6.07, 6.45) is 2.96. The molecule has 2 saturated heterocycles. The summed E-state index contributed by atoms with van der Waals surface area (Å²) in [5, 5.41) is 0. The lowest BCUT2D eigenvalue weighted by atomic mass is 10.1. The van der Waals surface area contributed by atoms with Gasteiger partial charge in [-0.05, 0) is 50.8 Å². The number of ether oxygens (including phenoxy) is 1. The first-order valence-corrected chi connectivity index (χ1v) is 10.0. The Hall–Kier alpha value is -2.08. The van der Waals surface area contributed by atoms with Gasteiger partial charge in [-0.1, -0.05) is 12.1 Å². The molecule has 6 heteroatoms. The highest BCUT2D eigenvalue weighted by atomic mass is 16.5. The van der Waals surface area contributed by atoms with Crippen LogP contribution in [-0.2, 0) is 9.59 Å². The summed E-state index contributed by atoms with van der Waals surface area (Å²) in [5.41, 5.74) is 1.11. The number of carbonyl (C=O) groups is 2. The summed E-state index contributed by atoms with van der Waals surface area (Å²) in [6, 6.07) is 7.75. The maximum Gasteiger partial charge on any atom is 0.263 e. The van der Waals surface area contributed by atoms with Crippen molar-refractivity contribution in [2.24, 2.45) is 0 Å². The van der Waals surface area contributed by atoms with Crippen molar-refractivity contribution in [3.8, 4) is 5.75 Å². The van der Waals surface area contributed by atoms with Crippen LogP contribution in [0.3, 0.4) is 0 Å². The van der Waals surface area contributed by atoms with Gasteiger partial charge >= 0.3 is 0 Å². The normalized spacial score (nSPS) is 19.6. The number of hydrogen-bond acceptors (Lipinski definition) is 4. The van der Waals surface area contributed by atoms with E-state index in [-0.39, 0.29) is 11.8 Å². The van der Waals surface area contributed by atoms with Crippen LogP contribution in [0.2, 0.25) is 0 Å². The maximum absolute atomic E-state index is 12.7. The van der Waals surface area contributed by atoms with Crippen molar-refractivity contribution in [3.63, 3.8) is 0 Å². The minimum Gasteiger partial charge on any atom is -0.481 e. The van der Waals surface area contributed by atoms with E-state index < -0.39 is 6.10 Å². The van der Waals surface area contributed by atoms with Gasteiger partial charge in [0.1, 0.15) is 5.75 Å². The molecule has 0 aliphatic carbocycles. The predicted octanol–water partition coefficient (Wildman–Crippen LogP) is 1.92. The fourth-order valence-corrected chi connectivity index (χ4v) is 3.76. The molecule has 1 atom stereocenters. The lowest BCUT2D eigenvalue weighted by Gasteiger charge is -2.36. The van der Waals surface area contributed by atoms with E-state index in [1.165, 1.54) is 6.42 Å². The highest BCUT2D eigenvalue weighted by Crippen LogP contribution is 2.16. The van der Waals surface area contributed by atoms with E-state index in [0.29, 0.717) is 19.6 Å². The van der Waals surface area contributed by atoms with Gasteiger partial charge in [0.15, 0.2) is 6.10 Å². The van der Waals surface area contributed by atoms with E-state index in [4.69, 9.17) is 4.74 Å². The van der Waals surface area contributed by atoms with Crippen molar-refractivity contribution < 1.29 is 14.3 Å². The molecule has 3 rings (SSSR count). The highest BCUT2D eigenvalue weighted by Gasteiger charge is 2.27. The smallest absolute Gasteiger partial charge is 0.263 e. The summed E-state index contributed by atoms with van der Waals surface area (Å²) in [4.78, 5) is 31.1. The summed E-state index contributed by atoms with van der Waals surface area (Å²) in [6.45, 7) is 8.83. The van der Waals surface area contributed by atoms with Gasteiger partial charge in [0.25, 0.3) is 5.91 Å². The highest BCUT2D eigenvalue weighted by molar-refractivity contribution is 5.81. The molecular weight excluding hydrogens is 342 g/mol. The molecule has 0 bridgehead atoms. The molecule has 6 nitrogen and oxygen atoms in total. The van der Waals surface area contributed by atoms with Crippen molar-refractivity contribution in [2.75, 3.05) is 45.8 Å². The second kappa shape index (κ2) is 9.22. The van der Waals surface area contributed by atoms with E-state index in [9.17, 15) is 9.59 Å². The molecule has 1 unspecified atom stereocenters. The number of rotatable bonds is 5. The average molecular weight is 373 g/mol. The molecule has 148 valence electrons. The quantitative estimate of drug-likeness (QED) is 0.791. The number of piperazine rings is 1. The van der Waals surface area contributed by atoms with Gasteiger partial charge in [-0.3, -0.25) is 14.5 Å². The second-order valence-electron chi connectivity index (χ2n) is 7.62. The molecule has 2 fully saturated rings. The van der Waals surface area contributed by atoms with Gasteiger partial charge in [0, 0.05) is 39.3 Å². The van der Waals surface area contributed by atoms with Crippen molar-refractivity contribution in [3.05, 3.63) is 29.8 Å². The fraction of sp³-hybridized carbons (Fsp3) is 0.619. The Morgan fingerprint density at radius 3 is 2.37 bits per heavy atom. The molecule has 0 saturated carbocycles. The van der Waals surface area contributed by atoms with Crippen LogP contribution < -0.4 is 4.74 Å². The standard InChI is InChI=1S/C21H31N3O3/c1-17-7-6-8-19(15-17)27-18(2)21(26)24-13-11-22(12-14-24)16-20(25)23-9-4-3-5-10-23/h6-8,15,18H,3-5,9-14,16H2,1-2H3. The van der Waals surface area contributed by atoms with E-state index >= 15 is 0 Å². The number of amides is 2. The number of likely N-dealkylation sites (tertiary alicyclic amines) is 1. The Balaban J connectivity index is 1.43. The number of benzene rings is 1. The molecule has 1 aromatic rings. The summed E-state index contributed by atoms with van der Waals surface area (Å²) in [5.74, 6) is 0.964. The first-order valence-electron chi connectivity index (χ1n) is 10.0. The molecule has 0 spiro atoms. The van der Waals surface area contributed by atoms with Crippen molar-refractivity contribution >= 4 is 11.8 Å². The first kappa shape index (κ1) is 19.7. The monoisotopic (exact) mass is 373 g/mol. The van der Waals surface area contributed by atoms with Crippen LogP contribution in [0.1, 0.15) is 31.7 Å². The van der Waals surface area contributed by atoms with Gasteiger partial charge in [-0.25, -0.2) is 0 Å². The molecule has 1 aromatic carbocycles. The van der Waals surface area contributed by atoms with E-state index in [2.05, 4.69) is 4.90 Å². The van der Waals surface area contributed by atoms with Crippen LogP contribution in [0.25, 0.3) is 0 Å². The topological polar surface area (TPSA) is 53.1 Å². The van der Waals surface area contributed by atoms with E-state index in [1.807, 2.05) is 41.0 Å². The van der Waals surface area contributed by atoms with Crippen LogP contribution in [0.15, 0.2) is 24.3 Å². The average Bonchev–Trinajstić information content (AvgIpc) is 2.68. The molecule has 0 radical (unpaired) electrons. The molecule has 0 aromatic heterocycles. The zero-order valence-corrected chi connectivity index (χ0v) is 16.5. The predicted molar refractivity (Wildman–Crippen MR) is 105 cm³/mol. The number of hydrogen-bond donors (Lipinski definition) is 0. The summed E-state index contributed by atoms with van der Waals surface area (Å²) < 4.78 is 5.82. The minimum atomic E-state index is -0.506. The van der Waals surface area contributed by atoms with Crippen LogP contribution in [0.4, 0.5) is 0 Å². The number of aryl methyl sites for hydroxylation is 1. The Kier molecular flexibility index (Phi) is 6.72. The van der Waals surface area contributed by atoms with Crippen molar-refractivity contribution in [1.82, 2.24) is 14.7 Å². The van der Waals surface area contributed by atoms with Crippen LogP contribution in [0.5, 0.6) is 5.75 Å². The second-order valence-corrected chi connectivity index (χ2v) is 7.62. The Morgan fingerprint density at radius 1 is 1.00 bits per heavy atom. The van der Waals surface area contributed by atoms with Gasteiger partial charge in [0.05, 0.1) is 6.54 Å². The summed E-state index contributed by atoms with van der Waals surface area (Å²) in [7, 11) is 0. The number of nitrogens with zero attached hydrogens (tertiary/aromatic N) is 3. The van der Waals surface area contributed by atoms with Gasteiger partial charge in [-0.15, -0.1) is 0 Å². The lowest BCUT2D eigenvalue weighted by Crippen LogP contribution is -2.54. The minimum absolute atomic E-state index is 0.0125. The number of carbonyl (C=O) groups excluding carboxylic acids is 2. The van der Waals surface area contributed by atoms with Crippen LogP contribution in [0, 0.1) is 6.92 Å². The molecule has 2 heterocycles. The number of piperidine rings is 1.